The summed E-state index contributed by atoms with van der Waals surface area (Å²) in [5.41, 5.74) is 4.78. The van der Waals surface area contributed by atoms with Crippen LogP contribution in [0.25, 0.3) is 10.9 Å². The molecule has 0 aliphatic carbocycles. The molecule has 5 nitrogen and oxygen atoms in total. The Hall–Kier alpha value is -3.31. The van der Waals surface area contributed by atoms with Gasteiger partial charge in [-0.05, 0) is 54.3 Å². The number of hydrogen-bond acceptors (Lipinski definition) is 4. The highest BCUT2D eigenvalue weighted by Crippen LogP contribution is 2.22. The van der Waals surface area contributed by atoms with Crippen LogP contribution in [0.4, 0.5) is 5.69 Å². The smallest absolute Gasteiger partial charge is 0.119 e. The number of ether oxygens (including phenoxy) is 1. The first kappa shape index (κ1) is 19.6. The summed E-state index contributed by atoms with van der Waals surface area (Å²) >= 11 is 0. The third-order valence-electron chi connectivity index (χ3n) is 5.98. The molecule has 1 saturated heterocycles. The molecule has 2 N–H and O–H groups in total. The molecule has 0 unspecified atom stereocenters. The molecule has 0 amide bonds. The predicted molar refractivity (Wildman–Crippen MR) is 125 cm³/mol. The molecule has 158 valence electrons. The first-order valence-corrected chi connectivity index (χ1v) is 11.0. The van der Waals surface area contributed by atoms with E-state index in [4.69, 9.17) is 4.74 Å². The van der Waals surface area contributed by atoms with Gasteiger partial charge in [-0.15, -0.1) is 0 Å². The molecule has 0 spiro atoms. The number of nitrogens with zero attached hydrogens (tertiary/aromatic N) is 2. The minimum Gasteiger partial charge on any atom is -0.489 e. The predicted octanol–water partition coefficient (Wildman–Crippen LogP) is 5.22. The van der Waals surface area contributed by atoms with Crippen LogP contribution in [0.3, 0.4) is 0 Å². The van der Waals surface area contributed by atoms with Crippen molar-refractivity contribution in [2.45, 2.75) is 32.0 Å². The molecule has 0 radical (unpaired) electrons. The quantitative estimate of drug-likeness (QED) is 0.437. The normalized spacial score (nSPS) is 15.2. The van der Waals surface area contributed by atoms with Gasteiger partial charge < -0.3 is 10.1 Å². The fourth-order valence-electron chi connectivity index (χ4n) is 4.19. The van der Waals surface area contributed by atoms with E-state index >= 15 is 0 Å². The molecular weight excluding hydrogens is 384 g/mol. The monoisotopic (exact) mass is 412 g/mol. The second-order valence-electron chi connectivity index (χ2n) is 8.29. The average molecular weight is 413 g/mol. The zero-order valence-electron chi connectivity index (χ0n) is 17.6. The Morgan fingerprint density at radius 1 is 0.935 bits per heavy atom. The number of benzene rings is 3. The van der Waals surface area contributed by atoms with Gasteiger partial charge in [-0.3, -0.25) is 10.00 Å². The summed E-state index contributed by atoms with van der Waals surface area (Å²) < 4.78 is 5.90. The number of aromatic nitrogens is 2. The van der Waals surface area contributed by atoms with Gasteiger partial charge in [-0.2, -0.15) is 5.10 Å². The van der Waals surface area contributed by atoms with E-state index in [1.807, 2.05) is 24.4 Å². The van der Waals surface area contributed by atoms with Crippen LogP contribution in [0.1, 0.15) is 24.0 Å². The van der Waals surface area contributed by atoms with Crippen molar-refractivity contribution in [1.82, 2.24) is 15.1 Å². The average Bonchev–Trinajstić information content (AvgIpc) is 3.29. The van der Waals surface area contributed by atoms with E-state index in [1.54, 1.807) is 0 Å². The van der Waals surface area contributed by atoms with E-state index in [2.05, 4.69) is 75.0 Å². The van der Waals surface area contributed by atoms with E-state index < -0.39 is 0 Å². The number of aromatic amines is 1. The molecule has 5 rings (SSSR count). The molecule has 1 aromatic heterocycles. The fourth-order valence-corrected chi connectivity index (χ4v) is 4.19. The van der Waals surface area contributed by atoms with Crippen LogP contribution in [0.5, 0.6) is 5.75 Å². The van der Waals surface area contributed by atoms with Crippen molar-refractivity contribution in [2.75, 3.05) is 18.4 Å². The lowest BCUT2D eigenvalue weighted by Gasteiger charge is -2.33. The summed E-state index contributed by atoms with van der Waals surface area (Å²) in [5, 5.41) is 12.0. The summed E-state index contributed by atoms with van der Waals surface area (Å²) in [4.78, 5) is 2.54. The van der Waals surface area contributed by atoms with Crippen LogP contribution in [-0.2, 0) is 13.2 Å². The largest absolute Gasteiger partial charge is 0.489 e. The maximum absolute atomic E-state index is 5.90. The van der Waals surface area contributed by atoms with Crippen LogP contribution in [0.2, 0.25) is 0 Å². The molecule has 1 fully saturated rings. The molecule has 2 heterocycles. The minimum absolute atomic E-state index is 0.523. The number of likely N-dealkylation sites (tertiary alicyclic amines) is 1. The van der Waals surface area contributed by atoms with Gasteiger partial charge in [-0.1, -0.05) is 42.5 Å². The second kappa shape index (κ2) is 9.23. The Kier molecular flexibility index (Phi) is 5.85. The van der Waals surface area contributed by atoms with E-state index in [1.165, 1.54) is 16.8 Å². The van der Waals surface area contributed by atoms with Gasteiger partial charge in [0.15, 0.2) is 0 Å². The van der Waals surface area contributed by atoms with Crippen LogP contribution in [0, 0.1) is 0 Å². The summed E-state index contributed by atoms with van der Waals surface area (Å²) in [5.74, 6) is 0.921. The van der Waals surface area contributed by atoms with Crippen LogP contribution >= 0.6 is 0 Å². The van der Waals surface area contributed by atoms with Gasteiger partial charge in [0.1, 0.15) is 12.4 Å². The molecule has 4 aromatic rings. The lowest BCUT2D eigenvalue weighted by molar-refractivity contribution is 0.211. The Morgan fingerprint density at radius 2 is 1.74 bits per heavy atom. The van der Waals surface area contributed by atoms with E-state index in [0.29, 0.717) is 12.6 Å². The fraction of sp³-hybridized carbons (Fsp3) is 0.269. The third-order valence-corrected chi connectivity index (χ3v) is 5.98. The molecular formula is C26H28N4O. The van der Waals surface area contributed by atoms with Crippen LogP contribution in [-0.4, -0.2) is 34.2 Å². The van der Waals surface area contributed by atoms with Gasteiger partial charge >= 0.3 is 0 Å². The topological polar surface area (TPSA) is 53.2 Å². The first-order valence-electron chi connectivity index (χ1n) is 11.0. The highest BCUT2D eigenvalue weighted by atomic mass is 16.5. The maximum atomic E-state index is 5.90. The summed E-state index contributed by atoms with van der Waals surface area (Å²) in [6.07, 6.45) is 4.19. The molecule has 31 heavy (non-hydrogen) atoms. The zero-order chi connectivity index (χ0) is 20.9. The number of fused-ring (bicyclic) bond motifs is 1. The molecule has 3 aromatic carbocycles. The molecule has 0 atom stereocenters. The van der Waals surface area contributed by atoms with Crippen molar-refractivity contribution >= 4 is 16.6 Å². The van der Waals surface area contributed by atoms with Crippen molar-refractivity contribution in [1.29, 1.82) is 0 Å². The molecule has 0 saturated carbocycles. The van der Waals surface area contributed by atoms with Gasteiger partial charge in [0.2, 0.25) is 0 Å². The number of H-pyrrole nitrogens is 1. The van der Waals surface area contributed by atoms with Crippen molar-refractivity contribution in [3.05, 3.63) is 90.1 Å². The number of hydrogen-bond donors (Lipinski definition) is 2. The highest BCUT2D eigenvalue weighted by molar-refractivity contribution is 5.81. The second-order valence-corrected chi connectivity index (χ2v) is 8.29. The first-order chi connectivity index (χ1) is 15.3. The van der Waals surface area contributed by atoms with Crippen LogP contribution in [0.15, 0.2) is 79.0 Å². The van der Waals surface area contributed by atoms with Crippen LogP contribution < -0.4 is 10.1 Å². The lowest BCUT2D eigenvalue weighted by Crippen LogP contribution is -2.38. The number of piperidine rings is 1. The van der Waals surface area contributed by atoms with Crippen molar-refractivity contribution in [3.8, 4) is 5.75 Å². The summed E-state index contributed by atoms with van der Waals surface area (Å²) in [6.45, 7) is 3.82. The Labute approximate surface area is 183 Å². The SMILES string of the molecule is c1ccc(COc2ccc(CN3CCC(Nc4ccc5[nH]ncc5c4)CC3)cc2)cc1. The van der Waals surface area contributed by atoms with E-state index in [-0.39, 0.29) is 0 Å². The third kappa shape index (κ3) is 5.06. The number of anilines is 1. The standard InChI is InChI=1S/C26H28N4O/c1-2-4-21(5-3-1)19-31-25-9-6-20(7-10-25)18-30-14-12-23(13-15-30)28-24-8-11-26-22(16-24)17-27-29-26/h1-11,16-17,23,28H,12-15,18-19H2,(H,27,29). The van der Waals surface area contributed by atoms with Gasteiger partial charge in [-0.25, -0.2) is 0 Å². The minimum atomic E-state index is 0.523. The van der Waals surface area contributed by atoms with Gasteiger partial charge in [0, 0.05) is 36.7 Å². The highest BCUT2D eigenvalue weighted by Gasteiger charge is 2.19. The van der Waals surface area contributed by atoms with Crippen molar-refractivity contribution in [3.63, 3.8) is 0 Å². The Balaban J connectivity index is 1.08. The zero-order valence-corrected chi connectivity index (χ0v) is 17.6. The van der Waals surface area contributed by atoms with Gasteiger partial charge in [0.05, 0.1) is 11.7 Å². The molecule has 5 heteroatoms. The maximum Gasteiger partial charge on any atom is 0.119 e. The van der Waals surface area contributed by atoms with Gasteiger partial charge in [0.25, 0.3) is 0 Å². The summed E-state index contributed by atoms with van der Waals surface area (Å²) in [7, 11) is 0. The van der Waals surface area contributed by atoms with Crippen molar-refractivity contribution < 1.29 is 4.74 Å². The number of nitrogens with one attached hydrogen (secondary N) is 2. The van der Waals surface area contributed by atoms with Crippen molar-refractivity contribution in [2.24, 2.45) is 0 Å². The lowest BCUT2D eigenvalue weighted by atomic mass is 10.0. The van der Waals surface area contributed by atoms with E-state index in [9.17, 15) is 0 Å². The molecule has 0 bridgehead atoms. The van der Waals surface area contributed by atoms with E-state index in [0.717, 1.165) is 49.1 Å². The number of rotatable bonds is 7. The molecule has 1 aliphatic heterocycles. The Bertz CT molecular complexity index is 1100. The molecule has 1 aliphatic rings. The Morgan fingerprint density at radius 3 is 2.55 bits per heavy atom. The summed E-state index contributed by atoms with van der Waals surface area (Å²) in [6, 6.07) is 25.7.